The van der Waals surface area contributed by atoms with Gasteiger partial charge in [0, 0.05) is 46.4 Å². The minimum absolute atomic E-state index is 0.318. The highest BCUT2D eigenvalue weighted by molar-refractivity contribution is 7.97. The van der Waals surface area contributed by atoms with Crippen LogP contribution in [0.25, 0.3) is 33.3 Å². The van der Waals surface area contributed by atoms with Gasteiger partial charge in [0.25, 0.3) is 0 Å². The molecule has 2 aromatic carbocycles. The van der Waals surface area contributed by atoms with Gasteiger partial charge < -0.3 is 0 Å². The average molecular weight is 508 g/mol. The van der Waals surface area contributed by atoms with Crippen molar-refractivity contribution in [3.05, 3.63) is 90.0 Å². The van der Waals surface area contributed by atoms with Gasteiger partial charge in [-0.3, -0.25) is 20.0 Å². The number of fused-ring (bicyclic) bond motifs is 1. The first-order valence-corrected chi connectivity index (χ1v) is 12.5. The first-order chi connectivity index (χ1) is 17.9. The number of benzene rings is 2. The Kier molecular flexibility index (Phi) is 6.63. The van der Waals surface area contributed by atoms with Crippen LogP contribution in [0.1, 0.15) is 29.8 Å². The highest BCUT2D eigenvalue weighted by Crippen LogP contribution is 2.36. The fraction of sp³-hybridized carbons (Fsp3) is 0.143. The number of pyridine rings is 2. The molecule has 5 aromatic rings. The predicted molar refractivity (Wildman–Crippen MR) is 146 cm³/mol. The number of anilines is 1. The number of hydrogen-bond donors (Lipinski definition) is 2. The van der Waals surface area contributed by atoms with Crippen molar-refractivity contribution in [1.82, 2.24) is 19.7 Å². The molecule has 0 bridgehead atoms. The van der Waals surface area contributed by atoms with Crippen LogP contribution >= 0.6 is 11.9 Å². The number of hydrogen-bond acceptors (Lipinski definition) is 8. The lowest BCUT2D eigenvalue weighted by molar-refractivity contribution is 0.222. The second kappa shape index (κ2) is 10.0. The molecule has 3 heterocycles. The van der Waals surface area contributed by atoms with E-state index < -0.39 is 6.04 Å². The summed E-state index contributed by atoms with van der Waals surface area (Å²) < 4.78 is 1.73. The van der Waals surface area contributed by atoms with E-state index in [2.05, 4.69) is 16.2 Å². The molecule has 9 heteroatoms. The van der Waals surface area contributed by atoms with Crippen LogP contribution in [0.15, 0.2) is 78.1 Å². The van der Waals surface area contributed by atoms with Crippen molar-refractivity contribution in [2.24, 2.45) is 12.2 Å². The third-order valence-electron chi connectivity index (χ3n) is 6.35. The van der Waals surface area contributed by atoms with E-state index in [1.54, 1.807) is 17.1 Å². The molecule has 3 N–H and O–H groups in total. The van der Waals surface area contributed by atoms with Crippen LogP contribution in [0.2, 0.25) is 0 Å². The van der Waals surface area contributed by atoms with Gasteiger partial charge in [0.05, 0.1) is 29.1 Å². The molecule has 0 radical (unpaired) electrons. The van der Waals surface area contributed by atoms with Crippen molar-refractivity contribution in [3.63, 3.8) is 0 Å². The maximum Gasteiger partial charge on any atom is 0.149 e. The third-order valence-corrected chi connectivity index (χ3v) is 6.95. The normalized spacial score (nSPS) is 11.9. The summed E-state index contributed by atoms with van der Waals surface area (Å²) in [6, 6.07) is 19.1. The van der Waals surface area contributed by atoms with Crippen molar-refractivity contribution < 1.29 is 5.21 Å². The molecule has 37 heavy (non-hydrogen) atoms. The summed E-state index contributed by atoms with van der Waals surface area (Å²) >= 11 is 1.09. The molecule has 0 saturated carbocycles. The first kappa shape index (κ1) is 24.5. The van der Waals surface area contributed by atoms with Crippen molar-refractivity contribution in [1.29, 1.82) is 5.26 Å². The summed E-state index contributed by atoms with van der Waals surface area (Å²) in [5.41, 5.74) is 6.66. The van der Waals surface area contributed by atoms with Gasteiger partial charge in [-0.05, 0) is 67.3 Å². The number of nitrogens with two attached hydrogens (primary N) is 1. The highest BCUT2D eigenvalue weighted by Gasteiger charge is 2.21. The van der Waals surface area contributed by atoms with Crippen LogP contribution in [0.4, 0.5) is 5.69 Å². The molecule has 0 aliphatic heterocycles. The topological polar surface area (TPSA) is 117 Å². The fourth-order valence-electron chi connectivity index (χ4n) is 4.46. The molecule has 0 aliphatic rings. The van der Waals surface area contributed by atoms with E-state index in [0.717, 1.165) is 50.2 Å². The monoisotopic (exact) mass is 507 g/mol. The molecule has 5 rings (SSSR count). The quantitative estimate of drug-likeness (QED) is 0.219. The zero-order valence-electron chi connectivity index (χ0n) is 20.6. The second-order valence-corrected chi connectivity index (χ2v) is 9.53. The number of hydroxylamine groups is 1. The Morgan fingerprint density at radius 2 is 1.92 bits per heavy atom. The highest BCUT2D eigenvalue weighted by atomic mass is 32.2. The minimum atomic E-state index is -0.413. The molecule has 184 valence electrons. The van der Waals surface area contributed by atoms with Gasteiger partial charge in [0.1, 0.15) is 11.8 Å². The van der Waals surface area contributed by atoms with E-state index in [1.165, 1.54) is 5.06 Å². The summed E-state index contributed by atoms with van der Waals surface area (Å²) in [6.07, 6.45) is 5.41. The van der Waals surface area contributed by atoms with Crippen molar-refractivity contribution >= 4 is 28.5 Å². The number of nitriles is 1. The Morgan fingerprint density at radius 1 is 1.11 bits per heavy atom. The Balaban J connectivity index is 1.61. The number of aromatic nitrogens is 4. The molecule has 1 unspecified atom stereocenters. The lowest BCUT2D eigenvalue weighted by Gasteiger charge is -2.27. The van der Waals surface area contributed by atoms with E-state index >= 15 is 0 Å². The Hall–Kier alpha value is -4.23. The second-order valence-electron chi connectivity index (χ2n) is 8.86. The molecule has 0 aliphatic carbocycles. The summed E-state index contributed by atoms with van der Waals surface area (Å²) in [4.78, 5) is 10.1. The van der Waals surface area contributed by atoms with Gasteiger partial charge in [-0.2, -0.15) is 10.4 Å². The molecule has 3 aromatic heterocycles. The van der Waals surface area contributed by atoms with Gasteiger partial charge in [-0.25, -0.2) is 10.0 Å². The standard InChI is InChI=1S/C28H25N7OS/c1-17-10-21(18(2)35(36)27-6-4-5-7-28(27)37-30)23-12-22(26(13-29)33-25(23)11-17)19-8-9-24(31-14-19)20-15-32-34(3)16-20/h4-12,14-16,18,36H,30H2,1-3H3. The zero-order chi connectivity index (χ0) is 26.1. The van der Waals surface area contributed by atoms with Gasteiger partial charge >= 0.3 is 0 Å². The van der Waals surface area contributed by atoms with E-state index in [1.807, 2.05) is 81.7 Å². The van der Waals surface area contributed by atoms with Crippen LogP contribution < -0.4 is 10.2 Å². The predicted octanol–water partition coefficient (Wildman–Crippen LogP) is 5.80. The summed E-state index contributed by atoms with van der Waals surface area (Å²) in [7, 11) is 1.86. The van der Waals surface area contributed by atoms with E-state index in [4.69, 9.17) is 10.1 Å². The van der Waals surface area contributed by atoms with E-state index in [-0.39, 0.29) is 0 Å². The molecule has 1 atom stereocenters. The minimum Gasteiger partial charge on any atom is -0.288 e. The third kappa shape index (κ3) is 4.66. The van der Waals surface area contributed by atoms with Crippen molar-refractivity contribution in [3.8, 4) is 28.5 Å². The van der Waals surface area contributed by atoms with Gasteiger partial charge in [-0.15, -0.1) is 0 Å². The lowest BCUT2D eigenvalue weighted by Crippen LogP contribution is -2.23. The van der Waals surface area contributed by atoms with Crippen LogP contribution in [-0.4, -0.2) is 25.0 Å². The van der Waals surface area contributed by atoms with E-state index in [0.29, 0.717) is 22.5 Å². The van der Waals surface area contributed by atoms with Gasteiger partial charge in [-0.1, -0.05) is 24.3 Å². The van der Waals surface area contributed by atoms with Crippen LogP contribution in [0.5, 0.6) is 0 Å². The fourth-order valence-corrected chi connectivity index (χ4v) is 4.90. The zero-order valence-corrected chi connectivity index (χ0v) is 21.4. The van der Waals surface area contributed by atoms with Gasteiger partial charge in [0.2, 0.25) is 0 Å². The van der Waals surface area contributed by atoms with E-state index in [9.17, 15) is 10.5 Å². The van der Waals surface area contributed by atoms with Crippen LogP contribution in [0, 0.1) is 18.3 Å². The summed E-state index contributed by atoms with van der Waals surface area (Å²) in [6.45, 7) is 3.90. The summed E-state index contributed by atoms with van der Waals surface area (Å²) in [5.74, 6) is 0. The SMILES string of the molecule is Cc1cc(C(C)N(O)c2ccccc2SN)c2cc(-c3ccc(-c4cnn(C)c4)nc3)c(C#N)nc2c1. The Labute approximate surface area is 219 Å². The van der Waals surface area contributed by atoms with Crippen LogP contribution in [0.3, 0.4) is 0 Å². The number of nitrogens with zero attached hydrogens (tertiary/aromatic N) is 6. The number of aryl methyl sites for hydroxylation is 2. The Morgan fingerprint density at radius 3 is 2.59 bits per heavy atom. The molecular weight excluding hydrogens is 482 g/mol. The largest absolute Gasteiger partial charge is 0.288 e. The Bertz CT molecular complexity index is 1640. The number of para-hydroxylation sites is 1. The smallest absolute Gasteiger partial charge is 0.149 e. The maximum absolute atomic E-state index is 11.2. The summed E-state index contributed by atoms with van der Waals surface area (Å²) in [5, 5.41) is 33.2. The van der Waals surface area contributed by atoms with Gasteiger partial charge in [0.15, 0.2) is 0 Å². The maximum atomic E-state index is 11.2. The average Bonchev–Trinajstić information content (AvgIpc) is 3.37. The molecule has 0 amide bonds. The molecule has 8 nitrogen and oxygen atoms in total. The molecule has 0 saturated heterocycles. The number of rotatable bonds is 6. The molecular formula is C28H25N7OS. The van der Waals surface area contributed by atoms with Crippen LogP contribution in [-0.2, 0) is 7.05 Å². The lowest BCUT2D eigenvalue weighted by atomic mass is 9.95. The van der Waals surface area contributed by atoms with Crippen molar-refractivity contribution in [2.45, 2.75) is 24.8 Å². The van der Waals surface area contributed by atoms with Crippen molar-refractivity contribution in [2.75, 3.05) is 5.06 Å². The molecule has 0 spiro atoms. The first-order valence-electron chi connectivity index (χ1n) is 11.6. The molecule has 0 fully saturated rings.